The Kier molecular flexibility index (Phi) is 5.68. The van der Waals surface area contributed by atoms with Crippen molar-refractivity contribution in [2.45, 2.75) is 38.0 Å². The van der Waals surface area contributed by atoms with Gasteiger partial charge in [-0.15, -0.1) is 0 Å². The van der Waals surface area contributed by atoms with Gasteiger partial charge in [-0.3, -0.25) is 4.79 Å². The topological polar surface area (TPSA) is 112 Å². The number of furan rings is 1. The van der Waals surface area contributed by atoms with E-state index in [1.54, 1.807) is 6.26 Å². The van der Waals surface area contributed by atoms with Gasteiger partial charge in [-0.1, -0.05) is 13.8 Å². The highest BCUT2D eigenvalue weighted by Gasteiger charge is 2.17. The highest BCUT2D eigenvalue weighted by atomic mass is 32.2. The summed E-state index contributed by atoms with van der Waals surface area (Å²) < 4.78 is 34.0. The Morgan fingerprint density at radius 1 is 1.24 bits per heavy atom. The largest absolute Gasteiger partial charge is 0.495 e. The van der Waals surface area contributed by atoms with E-state index in [0.717, 1.165) is 22.1 Å². The minimum atomic E-state index is -3.90. The number of fused-ring (bicyclic) bond motifs is 1. The molecule has 0 atom stereocenters. The van der Waals surface area contributed by atoms with Gasteiger partial charge in [-0.2, -0.15) is 0 Å². The van der Waals surface area contributed by atoms with Gasteiger partial charge in [0.05, 0.1) is 30.4 Å². The van der Waals surface area contributed by atoms with Crippen molar-refractivity contribution in [3.8, 4) is 5.75 Å². The van der Waals surface area contributed by atoms with Gasteiger partial charge in [0.25, 0.3) is 0 Å². The molecule has 7 nitrogen and oxygen atoms in total. The molecule has 0 radical (unpaired) electrons. The molecule has 0 aliphatic carbocycles. The molecule has 1 amide bonds. The number of hydrogen-bond acceptors (Lipinski definition) is 5. The number of amides is 1. The van der Waals surface area contributed by atoms with E-state index < -0.39 is 10.0 Å². The summed E-state index contributed by atoms with van der Waals surface area (Å²) >= 11 is 0. The molecule has 0 spiro atoms. The van der Waals surface area contributed by atoms with Crippen LogP contribution in [0.15, 0.2) is 45.9 Å². The number of rotatable bonds is 6. The SMILES string of the molecule is COc1ccc(S(N)(=O)=O)cc1NC(=O)Cc1coc2cc(C)c(C(C)C)cc12. The first-order chi connectivity index (χ1) is 13.6. The zero-order valence-electron chi connectivity index (χ0n) is 16.8. The van der Waals surface area contributed by atoms with Gasteiger partial charge >= 0.3 is 0 Å². The molecule has 3 rings (SSSR count). The van der Waals surface area contributed by atoms with Crippen molar-refractivity contribution in [2.75, 3.05) is 12.4 Å². The van der Waals surface area contributed by atoms with E-state index in [2.05, 4.69) is 25.2 Å². The highest BCUT2D eigenvalue weighted by molar-refractivity contribution is 7.89. The average molecular weight is 416 g/mol. The van der Waals surface area contributed by atoms with Crippen LogP contribution in [0.2, 0.25) is 0 Å². The number of methoxy groups -OCH3 is 1. The van der Waals surface area contributed by atoms with Crippen LogP contribution in [-0.2, 0) is 21.2 Å². The number of carbonyl (C=O) groups is 1. The molecule has 0 bridgehead atoms. The number of aryl methyl sites for hydroxylation is 1. The summed E-state index contributed by atoms with van der Waals surface area (Å²) in [7, 11) is -2.47. The predicted molar refractivity (Wildman–Crippen MR) is 112 cm³/mol. The van der Waals surface area contributed by atoms with Gasteiger partial charge in [0.1, 0.15) is 11.3 Å². The standard InChI is InChI=1S/C21H24N2O5S/c1-12(2)16-10-17-14(11-28-20(17)7-13(16)3)8-21(24)23-18-9-15(29(22,25)26)5-6-19(18)27-4/h5-7,9-12H,8H2,1-4H3,(H,23,24)(H2,22,25,26). The second-order valence-electron chi connectivity index (χ2n) is 7.25. The van der Waals surface area contributed by atoms with Crippen LogP contribution in [0.3, 0.4) is 0 Å². The first-order valence-electron chi connectivity index (χ1n) is 9.11. The molecular formula is C21H24N2O5S. The van der Waals surface area contributed by atoms with E-state index in [-0.39, 0.29) is 22.9 Å². The van der Waals surface area contributed by atoms with E-state index in [0.29, 0.717) is 11.7 Å². The van der Waals surface area contributed by atoms with Gasteiger partial charge in [-0.05, 0) is 54.3 Å². The van der Waals surface area contributed by atoms with Crippen LogP contribution in [0, 0.1) is 6.92 Å². The number of ether oxygens (including phenoxy) is 1. The van der Waals surface area contributed by atoms with E-state index >= 15 is 0 Å². The highest BCUT2D eigenvalue weighted by Crippen LogP contribution is 2.30. The van der Waals surface area contributed by atoms with Crippen molar-refractivity contribution in [2.24, 2.45) is 5.14 Å². The molecule has 1 heterocycles. The lowest BCUT2D eigenvalue weighted by molar-refractivity contribution is -0.115. The number of carbonyl (C=O) groups excluding carboxylic acids is 1. The molecule has 2 aromatic carbocycles. The van der Waals surface area contributed by atoms with Crippen LogP contribution in [0.4, 0.5) is 5.69 Å². The predicted octanol–water partition coefficient (Wildman–Crippen LogP) is 3.70. The van der Waals surface area contributed by atoms with Crippen molar-refractivity contribution in [3.63, 3.8) is 0 Å². The molecule has 0 saturated heterocycles. The van der Waals surface area contributed by atoms with Crippen molar-refractivity contribution >= 4 is 32.6 Å². The van der Waals surface area contributed by atoms with Crippen LogP contribution >= 0.6 is 0 Å². The van der Waals surface area contributed by atoms with Crippen LogP contribution in [0.25, 0.3) is 11.0 Å². The normalized spacial score (nSPS) is 11.8. The number of anilines is 1. The molecule has 0 aliphatic rings. The molecule has 3 N–H and O–H groups in total. The maximum atomic E-state index is 12.6. The molecule has 0 fully saturated rings. The van der Waals surface area contributed by atoms with Crippen LogP contribution in [0.1, 0.15) is 36.5 Å². The molecule has 0 aliphatic heterocycles. The summed E-state index contributed by atoms with van der Waals surface area (Å²) in [5, 5.41) is 8.77. The summed E-state index contributed by atoms with van der Waals surface area (Å²) in [6.07, 6.45) is 1.64. The molecular weight excluding hydrogens is 392 g/mol. The molecule has 1 aromatic heterocycles. The van der Waals surface area contributed by atoms with E-state index in [1.807, 2.05) is 13.0 Å². The van der Waals surface area contributed by atoms with Gasteiger partial charge in [0.2, 0.25) is 15.9 Å². The summed E-state index contributed by atoms with van der Waals surface area (Å²) in [6, 6.07) is 8.08. The molecule has 0 unspecified atom stereocenters. The van der Waals surface area contributed by atoms with E-state index in [9.17, 15) is 13.2 Å². The number of hydrogen-bond donors (Lipinski definition) is 2. The summed E-state index contributed by atoms with van der Waals surface area (Å²) in [5.41, 5.74) is 4.05. The lowest BCUT2D eigenvalue weighted by Gasteiger charge is -2.12. The van der Waals surface area contributed by atoms with Gasteiger partial charge in [-0.25, -0.2) is 13.6 Å². The Bertz CT molecular complexity index is 1180. The molecule has 3 aromatic rings. The number of sulfonamides is 1. The average Bonchev–Trinajstić information content (AvgIpc) is 3.01. The first-order valence-corrected chi connectivity index (χ1v) is 10.7. The summed E-state index contributed by atoms with van der Waals surface area (Å²) in [6.45, 7) is 6.27. The Balaban J connectivity index is 1.89. The fourth-order valence-corrected chi connectivity index (χ4v) is 3.87. The van der Waals surface area contributed by atoms with Crippen molar-refractivity contribution in [3.05, 3.63) is 53.3 Å². The number of primary sulfonamides is 1. The van der Waals surface area contributed by atoms with Gasteiger partial charge in [0, 0.05) is 10.9 Å². The van der Waals surface area contributed by atoms with Crippen LogP contribution < -0.4 is 15.2 Å². The fraction of sp³-hybridized carbons (Fsp3) is 0.286. The Labute approximate surface area is 169 Å². The third-order valence-corrected chi connectivity index (χ3v) is 5.70. The molecule has 29 heavy (non-hydrogen) atoms. The second-order valence-corrected chi connectivity index (χ2v) is 8.81. The smallest absolute Gasteiger partial charge is 0.238 e. The minimum absolute atomic E-state index is 0.0658. The van der Waals surface area contributed by atoms with Gasteiger partial charge < -0.3 is 14.5 Å². The summed E-state index contributed by atoms with van der Waals surface area (Å²) in [5.74, 6) is 0.353. The third-order valence-electron chi connectivity index (χ3n) is 4.79. The Morgan fingerprint density at radius 2 is 1.97 bits per heavy atom. The zero-order chi connectivity index (χ0) is 21.3. The fourth-order valence-electron chi connectivity index (χ4n) is 3.33. The molecule has 0 saturated carbocycles. The molecule has 8 heteroatoms. The number of benzene rings is 2. The van der Waals surface area contributed by atoms with E-state index in [4.69, 9.17) is 14.3 Å². The quantitative estimate of drug-likeness (QED) is 0.636. The number of nitrogens with one attached hydrogen (secondary N) is 1. The lowest BCUT2D eigenvalue weighted by Crippen LogP contribution is -2.17. The first kappa shape index (κ1) is 20.9. The maximum absolute atomic E-state index is 12.6. The van der Waals surface area contributed by atoms with Crippen molar-refractivity contribution < 1.29 is 22.4 Å². The second kappa shape index (κ2) is 7.88. The third kappa shape index (κ3) is 4.44. The zero-order valence-corrected chi connectivity index (χ0v) is 17.6. The monoisotopic (exact) mass is 416 g/mol. The number of nitrogens with two attached hydrogens (primary N) is 1. The summed E-state index contributed by atoms with van der Waals surface area (Å²) in [4.78, 5) is 12.5. The lowest BCUT2D eigenvalue weighted by atomic mass is 9.95. The van der Waals surface area contributed by atoms with Crippen molar-refractivity contribution in [1.82, 2.24) is 0 Å². The minimum Gasteiger partial charge on any atom is -0.495 e. The van der Waals surface area contributed by atoms with Crippen LogP contribution in [0.5, 0.6) is 5.75 Å². The molecule has 154 valence electrons. The Morgan fingerprint density at radius 3 is 2.59 bits per heavy atom. The Hall–Kier alpha value is -2.84. The van der Waals surface area contributed by atoms with Crippen LogP contribution in [-0.4, -0.2) is 21.4 Å². The maximum Gasteiger partial charge on any atom is 0.238 e. The van der Waals surface area contributed by atoms with E-state index in [1.165, 1.54) is 30.9 Å². The van der Waals surface area contributed by atoms with Gasteiger partial charge in [0.15, 0.2) is 0 Å². The van der Waals surface area contributed by atoms with Crippen molar-refractivity contribution in [1.29, 1.82) is 0 Å².